The van der Waals surface area contributed by atoms with E-state index in [9.17, 15) is 14.0 Å². The number of carboxylic acids is 1. The molecule has 0 radical (unpaired) electrons. The van der Waals surface area contributed by atoms with Crippen molar-refractivity contribution in [2.24, 2.45) is 5.73 Å². The number of carboxylic acid groups (broad SMARTS) is 1. The first-order chi connectivity index (χ1) is 8.40. The van der Waals surface area contributed by atoms with E-state index in [-0.39, 0.29) is 6.42 Å². The average molecular weight is 254 g/mol. The Morgan fingerprint density at radius 1 is 1.50 bits per heavy atom. The highest BCUT2D eigenvalue weighted by atomic mass is 19.1. The van der Waals surface area contributed by atoms with E-state index in [4.69, 9.17) is 10.8 Å². The second-order valence-corrected chi connectivity index (χ2v) is 4.02. The van der Waals surface area contributed by atoms with E-state index in [1.807, 2.05) is 0 Å². The minimum absolute atomic E-state index is 0.00551. The first-order valence-electron chi connectivity index (χ1n) is 5.43. The van der Waals surface area contributed by atoms with Crippen molar-refractivity contribution in [1.29, 1.82) is 0 Å². The Hall–Kier alpha value is -1.95. The predicted octanol–water partition coefficient (Wildman–Crippen LogP) is 0.285. The number of hydrogen-bond donors (Lipinski definition) is 3. The Bertz CT molecular complexity index is 449. The van der Waals surface area contributed by atoms with Gasteiger partial charge in [0, 0.05) is 6.42 Å². The molecule has 1 aromatic rings. The molecule has 1 amide bonds. The fourth-order valence-corrected chi connectivity index (χ4v) is 1.40. The van der Waals surface area contributed by atoms with Crippen molar-refractivity contribution in [2.75, 3.05) is 0 Å². The average Bonchev–Trinajstić information content (AvgIpc) is 2.27. The first kappa shape index (κ1) is 14.1. The second kappa shape index (κ2) is 6.11. The standard InChI is InChI=1S/C12H15FN2O3/c1-7(14)11(16)15-10(12(17)18)6-8-3-2-4-9(13)5-8/h2-5,7,10H,6,14H2,1H3,(H,15,16)(H,17,18)/t7-,10-/m0/s1. The summed E-state index contributed by atoms with van der Waals surface area (Å²) in [5, 5.41) is 11.3. The third kappa shape index (κ3) is 4.14. The van der Waals surface area contributed by atoms with Crippen molar-refractivity contribution in [3.63, 3.8) is 0 Å². The molecule has 1 rings (SSSR count). The van der Waals surface area contributed by atoms with Gasteiger partial charge < -0.3 is 16.2 Å². The highest BCUT2D eigenvalue weighted by Crippen LogP contribution is 2.07. The minimum Gasteiger partial charge on any atom is -0.480 e. The molecule has 98 valence electrons. The maximum atomic E-state index is 13.0. The number of aliphatic carboxylic acids is 1. The lowest BCUT2D eigenvalue weighted by Gasteiger charge is -2.16. The van der Waals surface area contributed by atoms with Gasteiger partial charge in [0.15, 0.2) is 0 Å². The third-order valence-electron chi connectivity index (χ3n) is 2.36. The molecule has 0 spiro atoms. The summed E-state index contributed by atoms with van der Waals surface area (Å²) in [6.07, 6.45) is 0.00551. The number of benzene rings is 1. The van der Waals surface area contributed by atoms with Gasteiger partial charge in [0.05, 0.1) is 6.04 Å². The summed E-state index contributed by atoms with van der Waals surface area (Å²) in [4.78, 5) is 22.3. The molecule has 0 aliphatic rings. The lowest BCUT2D eigenvalue weighted by Crippen LogP contribution is -2.48. The molecule has 0 aromatic heterocycles. The van der Waals surface area contributed by atoms with Crippen molar-refractivity contribution in [2.45, 2.75) is 25.4 Å². The number of nitrogens with one attached hydrogen (secondary N) is 1. The van der Waals surface area contributed by atoms with Crippen LogP contribution in [0.1, 0.15) is 12.5 Å². The van der Waals surface area contributed by atoms with Gasteiger partial charge in [-0.25, -0.2) is 9.18 Å². The number of carbonyl (C=O) groups is 2. The van der Waals surface area contributed by atoms with Crippen molar-refractivity contribution < 1.29 is 19.1 Å². The number of carbonyl (C=O) groups excluding carboxylic acids is 1. The molecule has 0 saturated heterocycles. The van der Waals surface area contributed by atoms with Crippen LogP contribution in [-0.4, -0.2) is 29.1 Å². The molecule has 0 saturated carbocycles. The van der Waals surface area contributed by atoms with Crippen LogP contribution in [-0.2, 0) is 16.0 Å². The van der Waals surface area contributed by atoms with Gasteiger partial charge in [-0.05, 0) is 24.6 Å². The number of amides is 1. The molecule has 0 fully saturated rings. The van der Waals surface area contributed by atoms with E-state index in [0.717, 1.165) is 0 Å². The van der Waals surface area contributed by atoms with Gasteiger partial charge in [-0.3, -0.25) is 4.79 Å². The summed E-state index contributed by atoms with van der Waals surface area (Å²) in [5.74, 6) is -2.19. The molecule has 0 bridgehead atoms. The molecule has 0 aliphatic heterocycles. The molecule has 0 aliphatic carbocycles. The Morgan fingerprint density at radius 3 is 2.67 bits per heavy atom. The van der Waals surface area contributed by atoms with E-state index in [2.05, 4.69) is 5.32 Å². The van der Waals surface area contributed by atoms with Crippen LogP contribution < -0.4 is 11.1 Å². The molecule has 0 unspecified atom stereocenters. The summed E-state index contributed by atoms with van der Waals surface area (Å²) in [6, 6.07) is 3.66. The number of nitrogens with two attached hydrogens (primary N) is 1. The molecular formula is C12H15FN2O3. The summed E-state index contributed by atoms with van der Waals surface area (Å²) in [6.45, 7) is 1.45. The number of rotatable bonds is 5. The Kier molecular flexibility index (Phi) is 4.79. The summed E-state index contributed by atoms with van der Waals surface area (Å²) >= 11 is 0. The lowest BCUT2D eigenvalue weighted by atomic mass is 10.1. The molecule has 6 heteroatoms. The lowest BCUT2D eigenvalue weighted by molar-refractivity contribution is -0.141. The fraction of sp³-hybridized carbons (Fsp3) is 0.333. The fourth-order valence-electron chi connectivity index (χ4n) is 1.40. The van der Waals surface area contributed by atoms with Crippen LogP contribution in [0.3, 0.4) is 0 Å². The summed E-state index contributed by atoms with van der Waals surface area (Å²) < 4.78 is 13.0. The third-order valence-corrected chi connectivity index (χ3v) is 2.36. The van der Waals surface area contributed by atoms with Crippen molar-refractivity contribution in [3.05, 3.63) is 35.6 Å². The van der Waals surface area contributed by atoms with Crippen LogP contribution in [0, 0.1) is 5.82 Å². The van der Waals surface area contributed by atoms with E-state index < -0.39 is 29.8 Å². The van der Waals surface area contributed by atoms with Gasteiger partial charge in [0.25, 0.3) is 0 Å². The maximum Gasteiger partial charge on any atom is 0.326 e. The molecule has 0 heterocycles. The number of hydrogen-bond acceptors (Lipinski definition) is 3. The van der Waals surface area contributed by atoms with Crippen molar-refractivity contribution >= 4 is 11.9 Å². The van der Waals surface area contributed by atoms with Crippen molar-refractivity contribution in [1.82, 2.24) is 5.32 Å². The second-order valence-electron chi connectivity index (χ2n) is 4.02. The van der Waals surface area contributed by atoms with Crippen LogP contribution in [0.5, 0.6) is 0 Å². The van der Waals surface area contributed by atoms with Crippen LogP contribution in [0.2, 0.25) is 0 Å². The summed E-state index contributed by atoms with van der Waals surface area (Å²) in [7, 11) is 0. The van der Waals surface area contributed by atoms with E-state index in [0.29, 0.717) is 5.56 Å². The normalized spacial score (nSPS) is 13.7. The number of halogens is 1. The van der Waals surface area contributed by atoms with Gasteiger partial charge in [0.1, 0.15) is 11.9 Å². The molecule has 1 aromatic carbocycles. The highest BCUT2D eigenvalue weighted by molar-refractivity contribution is 5.86. The minimum atomic E-state index is -1.19. The van der Waals surface area contributed by atoms with Crippen LogP contribution in [0.15, 0.2) is 24.3 Å². The molecule has 5 nitrogen and oxygen atoms in total. The van der Waals surface area contributed by atoms with E-state index in [1.54, 1.807) is 6.07 Å². The Balaban J connectivity index is 2.75. The van der Waals surface area contributed by atoms with Gasteiger partial charge in [-0.1, -0.05) is 12.1 Å². The monoisotopic (exact) mass is 254 g/mol. The maximum absolute atomic E-state index is 13.0. The SMILES string of the molecule is C[C@H](N)C(=O)N[C@@H](Cc1cccc(F)c1)C(=O)O. The first-order valence-corrected chi connectivity index (χ1v) is 5.43. The zero-order chi connectivity index (χ0) is 13.7. The quantitative estimate of drug-likeness (QED) is 0.704. The Labute approximate surface area is 104 Å². The smallest absolute Gasteiger partial charge is 0.326 e. The topological polar surface area (TPSA) is 92.4 Å². The largest absolute Gasteiger partial charge is 0.480 e. The van der Waals surface area contributed by atoms with Crippen LogP contribution in [0.25, 0.3) is 0 Å². The van der Waals surface area contributed by atoms with Crippen LogP contribution >= 0.6 is 0 Å². The van der Waals surface area contributed by atoms with E-state index in [1.165, 1.54) is 25.1 Å². The molecular weight excluding hydrogens is 239 g/mol. The molecule has 2 atom stereocenters. The van der Waals surface area contributed by atoms with Crippen LogP contribution in [0.4, 0.5) is 4.39 Å². The van der Waals surface area contributed by atoms with E-state index >= 15 is 0 Å². The molecule has 4 N–H and O–H groups in total. The van der Waals surface area contributed by atoms with Gasteiger partial charge >= 0.3 is 5.97 Å². The predicted molar refractivity (Wildman–Crippen MR) is 63.3 cm³/mol. The zero-order valence-electron chi connectivity index (χ0n) is 9.89. The van der Waals surface area contributed by atoms with Gasteiger partial charge in [0.2, 0.25) is 5.91 Å². The van der Waals surface area contributed by atoms with Gasteiger partial charge in [-0.2, -0.15) is 0 Å². The molecule has 18 heavy (non-hydrogen) atoms. The van der Waals surface area contributed by atoms with Crippen molar-refractivity contribution in [3.8, 4) is 0 Å². The summed E-state index contributed by atoms with van der Waals surface area (Å²) in [5.41, 5.74) is 5.83. The zero-order valence-corrected chi connectivity index (χ0v) is 9.89. The highest BCUT2D eigenvalue weighted by Gasteiger charge is 2.21. The Morgan fingerprint density at radius 2 is 2.17 bits per heavy atom. The van der Waals surface area contributed by atoms with Gasteiger partial charge in [-0.15, -0.1) is 0 Å².